The number of carbonyl (C=O) groups is 4. The monoisotopic (exact) mass is 677 g/mol. The molecule has 0 aromatic heterocycles. The molecular formula is C33H26BrClFN3O5. The van der Waals surface area contributed by atoms with Gasteiger partial charge in [-0.2, -0.15) is 5.01 Å². The van der Waals surface area contributed by atoms with Crippen molar-refractivity contribution in [1.82, 2.24) is 9.91 Å². The zero-order valence-corrected chi connectivity index (χ0v) is 25.7. The first-order valence-corrected chi connectivity index (χ1v) is 15.4. The smallest absolute Gasteiger partial charge is 0.260 e. The SMILES string of the molecule is CN1C(=O)[C@H]2[C@H](CC=C3[C@H]2C[C@H]2C(=O)N(Nc4ccc(F)cc4)C(=O)[C@@]2(c2ccc(Cl)cc2)[C@H]3c2cc(Br)ccc2O)C1=O. The second-order valence-electron chi connectivity index (χ2n) is 11.8. The van der Waals surface area contributed by atoms with Crippen LogP contribution in [-0.4, -0.2) is 45.7 Å². The van der Waals surface area contributed by atoms with Crippen molar-refractivity contribution in [3.63, 3.8) is 0 Å². The Morgan fingerprint density at radius 2 is 1.66 bits per heavy atom. The highest BCUT2D eigenvalue weighted by molar-refractivity contribution is 9.10. The van der Waals surface area contributed by atoms with Gasteiger partial charge >= 0.3 is 0 Å². The van der Waals surface area contributed by atoms with Crippen LogP contribution in [0.4, 0.5) is 10.1 Å². The van der Waals surface area contributed by atoms with Crippen molar-refractivity contribution in [3.8, 4) is 5.75 Å². The van der Waals surface area contributed by atoms with Crippen LogP contribution in [0.25, 0.3) is 0 Å². The molecular weight excluding hydrogens is 653 g/mol. The van der Waals surface area contributed by atoms with E-state index in [0.29, 0.717) is 26.3 Å². The van der Waals surface area contributed by atoms with Crippen LogP contribution < -0.4 is 5.43 Å². The number of aromatic hydroxyl groups is 1. The molecule has 7 rings (SSSR count). The van der Waals surface area contributed by atoms with Crippen molar-refractivity contribution in [2.75, 3.05) is 12.5 Å². The summed E-state index contributed by atoms with van der Waals surface area (Å²) >= 11 is 9.79. The minimum absolute atomic E-state index is 0.0786. The van der Waals surface area contributed by atoms with Gasteiger partial charge in [0.05, 0.1) is 28.9 Å². The van der Waals surface area contributed by atoms with Crippen LogP contribution in [-0.2, 0) is 24.6 Å². The molecule has 6 atom stereocenters. The number of amides is 4. The third kappa shape index (κ3) is 4.00. The van der Waals surface area contributed by atoms with Crippen LogP contribution in [0.5, 0.6) is 5.75 Å². The average molecular weight is 679 g/mol. The number of benzene rings is 3. The van der Waals surface area contributed by atoms with Gasteiger partial charge in [-0.15, -0.1) is 0 Å². The number of hydrogen-bond acceptors (Lipinski definition) is 6. The Labute approximate surface area is 265 Å². The van der Waals surface area contributed by atoms with Gasteiger partial charge in [-0.05, 0) is 78.9 Å². The second-order valence-corrected chi connectivity index (χ2v) is 13.2. The Hall–Kier alpha value is -4.02. The Kier molecular flexibility index (Phi) is 6.71. The molecule has 2 N–H and O–H groups in total. The Balaban J connectivity index is 1.49. The number of allylic oxidation sites excluding steroid dienone is 2. The number of phenols is 1. The summed E-state index contributed by atoms with van der Waals surface area (Å²) in [7, 11) is 1.47. The zero-order valence-electron chi connectivity index (χ0n) is 23.3. The van der Waals surface area contributed by atoms with E-state index < -0.39 is 52.6 Å². The van der Waals surface area contributed by atoms with E-state index >= 15 is 0 Å². The lowest BCUT2D eigenvalue weighted by Gasteiger charge is -2.50. The van der Waals surface area contributed by atoms with Gasteiger partial charge in [0.1, 0.15) is 11.6 Å². The molecule has 3 fully saturated rings. The van der Waals surface area contributed by atoms with Crippen molar-refractivity contribution in [1.29, 1.82) is 0 Å². The molecule has 3 aromatic carbocycles. The van der Waals surface area contributed by atoms with Crippen molar-refractivity contribution in [2.45, 2.75) is 24.2 Å². The average Bonchev–Trinajstić information content (AvgIpc) is 3.36. The lowest BCUT2D eigenvalue weighted by molar-refractivity contribution is -0.140. The van der Waals surface area contributed by atoms with Gasteiger partial charge in [-0.1, -0.05) is 51.3 Å². The summed E-state index contributed by atoms with van der Waals surface area (Å²) in [5.41, 5.74) is 3.33. The van der Waals surface area contributed by atoms with Gasteiger partial charge < -0.3 is 5.11 Å². The van der Waals surface area contributed by atoms with E-state index in [-0.39, 0.29) is 30.4 Å². The number of anilines is 1. The molecule has 2 aliphatic heterocycles. The molecule has 0 unspecified atom stereocenters. The lowest BCUT2D eigenvalue weighted by atomic mass is 9.49. The molecule has 4 aliphatic rings. The zero-order chi connectivity index (χ0) is 31.1. The molecule has 4 amide bonds. The highest BCUT2D eigenvalue weighted by Crippen LogP contribution is 2.65. The summed E-state index contributed by atoms with van der Waals surface area (Å²) in [5, 5.41) is 12.8. The summed E-state index contributed by atoms with van der Waals surface area (Å²) in [4.78, 5) is 57.2. The highest BCUT2D eigenvalue weighted by Gasteiger charge is 2.70. The van der Waals surface area contributed by atoms with Gasteiger partial charge in [0.25, 0.3) is 11.8 Å². The summed E-state index contributed by atoms with van der Waals surface area (Å²) in [6.07, 6.45) is 2.33. The molecule has 44 heavy (non-hydrogen) atoms. The van der Waals surface area contributed by atoms with Gasteiger partial charge in [0, 0.05) is 28.0 Å². The maximum absolute atomic E-state index is 15.0. The van der Waals surface area contributed by atoms with Crippen LogP contribution >= 0.6 is 27.5 Å². The van der Waals surface area contributed by atoms with Gasteiger partial charge in [-0.3, -0.25) is 29.5 Å². The molecule has 8 nitrogen and oxygen atoms in total. The topological polar surface area (TPSA) is 107 Å². The van der Waals surface area contributed by atoms with E-state index in [1.807, 2.05) is 6.08 Å². The summed E-state index contributed by atoms with van der Waals surface area (Å²) in [6.45, 7) is 0. The summed E-state index contributed by atoms with van der Waals surface area (Å²) in [5.74, 6) is -5.88. The Morgan fingerprint density at radius 1 is 0.955 bits per heavy atom. The predicted molar refractivity (Wildman–Crippen MR) is 163 cm³/mol. The molecule has 224 valence electrons. The van der Waals surface area contributed by atoms with E-state index in [1.54, 1.807) is 36.4 Å². The fraction of sp³-hybridized carbons (Fsp3) is 0.273. The van der Waals surface area contributed by atoms with E-state index in [0.717, 1.165) is 15.5 Å². The maximum Gasteiger partial charge on any atom is 0.260 e. The number of phenolic OH excluding ortho intramolecular Hbond substituents is 1. The fourth-order valence-corrected chi connectivity index (χ4v) is 8.42. The van der Waals surface area contributed by atoms with Crippen LogP contribution in [0.1, 0.15) is 29.9 Å². The highest BCUT2D eigenvalue weighted by atomic mass is 79.9. The molecule has 1 saturated carbocycles. The van der Waals surface area contributed by atoms with E-state index in [2.05, 4.69) is 21.4 Å². The number of fused-ring (bicyclic) bond motifs is 4. The predicted octanol–water partition coefficient (Wildman–Crippen LogP) is 5.56. The molecule has 2 aliphatic carbocycles. The number of carbonyl (C=O) groups excluding carboxylic acids is 4. The number of nitrogens with zero attached hydrogens (tertiary/aromatic N) is 2. The quantitative estimate of drug-likeness (QED) is 0.277. The number of hydrogen-bond donors (Lipinski definition) is 2. The first kappa shape index (κ1) is 28.7. The summed E-state index contributed by atoms with van der Waals surface area (Å²) < 4.78 is 14.4. The van der Waals surface area contributed by atoms with Gasteiger partial charge in [-0.25, -0.2) is 4.39 Å². The summed E-state index contributed by atoms with van der Waals surface area (Å²) in [6, 6.07) is 17.0. The minimum atomic E-state index is -1.56. The van der Waals surface area contributed by atoms with Crippen molar-refractivity contribution < 1.29 is 28.7 Å². The maximum atomic E-state index is 15.0. The molecule has 3 aromatic rings. The second kappa shape index (κ2) is 10.3. The molecule has 0 bridgehead atoms. The molecule has 2 heterocycles. The first-order chi connectivity index (χ1) is 21.0. The number of hydrazine groups is 1. The van der Waals surface area contributed by atoms with Crippen LogP contribution in [0.3, 0.4) is 0 Å². The van der Waals surface area contributed by atoms with Crippen molar-refractivity contribution in [3.05, 3.63) is 105 Å². The number of rotatable bonds is 4. The first-order valence-electron chi connectivity index (χ1n) is 14.2. The lowest BCUT2D eigenvalue weighted by Crippen LogP contribution is -2.53. The van der Waals surface area contributed by atoms with Crippen molar-refractivity contribution in [2.24, 2.45) is 23.7 Å². The number of imide groups is 2. The fourth-order valence-electron chi connectivity index (χ4n) is 7.91. The third-order valence-corrected chi connectivity index (χ3v) is 10.5. The number of nitrogens with one attached hydrogen (secondary N) is 1. The normalized spacial score (nSPS) is 29.4. The van der Waals surface area contributed by atoms with E-state index in [4.69, 9.17) is 11.6 Å². The van der Waals surface area contributed by atoms with Gasteiger partial charge in [0.2, 0.25) is 11.8 Å². The Bertz CT molecular complexity index is 1780. The molecule has 0 radical (unpaired) electrons. The molecule has 11 heteroatoms. The largest absolute Gasteiger partial charge is 0.508 e. The number of likely N-dealkylation sites (tertiary alicyclic amines) is 1. The number of halogens is 3. The standard InChI is InChI=1S/C33H26BrClFN3O5/c1-38-29(41)22-12-11-21-23(27(22)31(38)43)15-25-30(42)39(37-20-9-7-19(36)8-10-20)32(44)33(25,16-2-5-18(35)6-3-16)28(21)24-14-17(34)4-13-26(24)40/h2-11,13-14,22-23,25,27-28,37,40H,12,15H2,1H3/t22-,23+,25-,27-,28+,33+/m0/s1. The third-order valence-electron chi connectivity index (χ3n) is 9.78. The van der Waals surface area contributed by atoms with Crippen molar-refractivity contribution >= 4 is 56.8 Å². The van der Waals surface area contributed by atoms with Crippen LogP contribution in [0, 0.1) is 29.5 Å². The molecule has 0 spiro atoms. The van der Waals surface area contributed by atoms with Crippen LogP contribution in [0.2, 0.25) is 5.02 Å². The van der Waals surface area contributed by atoms with E-state index in [9.17, 15) is 28.7 Å². The minimum Gasteiger partial charge on any atom is -0.508 e. The van der Waals surface area contributed by atoms with Gasteiger partial charge in [0.15, 0.2) is 0 Å². The Morgan fingerprint density at radius 3 is 2.36 bits per heavy atom. The van der Waals surface area contributed by atoms with Crippen LogP contribution in [0.15, 0.2) is 82.9 Å². The van der Waals surface area contributed by atoms with E-state index in [1.165, 1.54) is 37.4 Å². The molecule has 2 saturated heterocycles.